The molecule has 0 saturated carbocycles. The molecule has 0 N–H and O–H groups in total. The largest absolute Gasteiger partial charge is 0.494 e. The molecule has 3 rings (SSSR count). The molecule has 0 bridgehead atoms. The molecule has 2 aromatic carbocycles. The number of carbonyl (C=O) groups is 1. The molecule has 5 nitrogen and oxygen atoms in total. The van der Waals surface area contributed by atoms with Crippen LogP contribution in [-0.4, -0.2) is 31.4 Å². The van der Waals surface area contributed by atoms with Gasteiger partial charge in [-0.15, -0.1) is 0 Å². The molecule has 1 unspecified atom stereocenters. The van der Waals surface area contributed by atoms with E-state index in [0.717, 1.165) is 29.8 Å². The molecule has 0 spiro atoms. The van der Waals surface area contributed by atoms with Gasteiger partial charge in [0.05, 0.1) is 12.8 Å². The predicted molar refractivity (Wildman–Crippen MR) is 103 cm³/mol. The summed E-state index contributed by atoms with van der Waals surface area (Å²) in [5.74, 6) is 0.743. The number of rotatable bonds is 6. The van der Waals surface area contributed by atoms with E-state index in [2.05, 4.69) is 18.1 Å². The first kappa shape index (κ1) is 18.0. The van der Waals surface area contributed by atoms with Crippen LogP contribution in [0.4, 0.5) is 5.69 Å². The fraction of sp³-hybridized carbons (Fsp3) is 0.333. The number of fused-ring (bicyclic) bond motifs is 1. The zero-order valence-corrected chi connectivity index (χ0v) is 15.2. The summed E-state index contributed by atoms with van der Waals surface area (Å²) >= 11 is 0. The minimum Gasteiger partial charge on any atom is -0.494 e. The van der Waals surface area contributed by atoms with Crippen molar-refractivity contribution in [2.24, 2.45) is 5.16 Å². The first-order valence-electron chi connectivity index (χ1n) is 8.97. The van der Waals surface area contributed by atoms with E-state index in [1.807, 2.05) is 54.3 Å². The number of oxime groups is 1. The van der Waals surface area contributed by atoms with Crippen molar-refractivity contribution in [1.29, 1.82) is 0 Å². The number of ether oxygens (including phenoxy) is 1. The van der Waals surface area contributed by atoms with E-state index in [-0.39, 0.29) is 18.6 Å². The van der Waals surface area contributed by atoms with Gasteiger partial charge in [-0.1, -0.05) is 23.4 Å². The van der Waals surface area contributed by atoms with Crippen LogP contribution in [0.1, 0.15) is 31.4 Å². The lowest BCUT2D eigenvalue weighted by Crippen LogP contribution is -2.43. The fourth-order valence-electron chi connectivity index (χ4n) is 3.15. The number of aryl methyl sites for hydroxylation is 1. The van der Waals surface area contributed by atoms with Gasteiger partial charge in [0, 0.05) is 11.7 Å². The van der Waals surface area contributed by atoms with E-state index in [1.54, 1.807) is 6.21 Å². The second-order valence-corrected chi connectivity index (χ2v) is 6.29. The number of hydrogen-bond acceptors (Lipinski definition) is 4. The quantitative estimate of drug-likeness (QED) is 0.587. The summed E-state index contributed by atoms with van der Waals surface area (Å²) in [5, 5.41) is 3.92. The summed E-state index contributed by atoms with van der Waals surface area (Å²) < 4.78 is 5.40. The Bertz CT molecular complexity index is 771. The molecule has 0 aliphatic carbocycles. The highest BCUT2D eigenvalue weighted by Gasteiger charge is 2.28. The van der Waals surface area contributed by atoms with Gasteiger partial charge in [-0.2, -0.15) is 0 Å². The molecule has 0 aromatic heterocycles. The van der Waals surface area contributed by atoms with E-state index < -0.39 is 0 Å². The van der Waals surface area contributed by atoms with Crippen molar-refractivity contribution in [3.63, 3.8) is 0 Å². The first-order valence-corrected chi connectivity index (χ1v) is 8.97. The molecule has 2 aromatic rings. The molecule has 1 aliphatic heterocycles. The second-order valence-electron chi connectivity index (χ2n) is 6.29. The van der Waals surface area contributed by atoms with E-state index in [4.69, 9.17) is 9.57 Å². The lowest BCUT2D eigenvalue weighted by atomic mass is 9.96. The van der Waals surface area contributed by atoms with Crippen molar-refractivity contribution in [2.75, 3.05) is 18.1 Å². The van der Waals surface area contributed by atoms with Crippen molar-refractivity contribution in [2.45, 2.75) is 32.7 Å². The Morgan fingerprint density at radius 3 is 2.77 bits per heavy atom. The minimum absolute atomic E-state index is 0.0755. The molecule has 5 heteroatoms. The first-order chi connectivity index (χ1) is 12.7. The zero-order chi connectivity index (χ0) is 18.4. The Kier molecular flexibility index (Phi) is 5.89. The molecular formula is C21H24N2O3. The van der Waals surface area contributed by atoms with Crippen LogP contribution in [0.5, 0.6) is 5.75 Å². The van der Waals surface area contributed by atoms with E-state index in [9.17, 15) is 4.79 Å². The maximum absolute atomic E-state index is 12.6. The number of para-hydroxylation sites is 1. The fourth-order valence-corrected chi connectivity index (χ4v) is 3.15. The van der Waals surface area contributed by atoms with Gasteiger partial charge in [0.2, 0.25) is 0 Å². The molecule has 0 radical (unpaired) electrons. The van der Waals surface area contributed by atoms with E-state index >= 15 is 0 Å². The molecular weight excluding hydrogens is 328 g/mol. The Morgan fingerprint density at radius 1 is 1.23 bits per heavy atom. The van der Waals surface area contributed by atoms with Gasteiger partial charge in [-0.05, 0) is 68.1 Å². The van der Waals surface area contributed by atoms with Crippen LogP contribution in [0, 0.1) is 0 Å². The Labute approximate surface area is 154 Å². The van der Waals surface area contributed by atoms with Crippen LogP contribution in [-0.2, 0) is 16.1 Å². The van der Waals surface area contributed by atoms with Gasteiger partial charge in [-0.25, -0.2) is 0 Å². The van der Waals surface area contributed by atoms with Crippen molar-refractivity contribution in [1.82, 2.24) is 0 Å². The molecule has 1 aliphatic rings. The zero-order valence-electron chi connectivity index (χ0n) is 15.2. The number of amides is 1. The summed E-state index contributed by atoms with van der Waals surface area (Å²) in [7, 11) is 0. The van der Waals surface area contributed by atoms with Crippen LogP contribution in [0.25, 0.3) is 0 Å². The maximum Gasteiger partial charge on any atom is 0.268 e. The Balaban J connectivity index is 1.57. The van der Waals surface area contributed by atoms with Gasteiger partial charge in [0.25, 0.3) is 5.91 Å². The number of carbonyl (C=O) groups excluding carboxylic acids is 1. The Hall–Kier alpha value is -2.82. The SMILES string of the molecule is CCOc1ccc(/C=N/OCC(=O)N2c3ccccc3CCC2C)cc1. The van der Waals surface area contributed by atoms with Crippen LogP contribution in [0.15, 0.2) is 53.7 Å². The molecule has 26 heavy (non-hydrogen) atoms. The summed E-state index contributed by atoms with van der Waals surface area (Å²) in [4.78, 5) is 19.7. The van der Waals surface area contributed by atoms with Crippen molar-refractivity contribution < 1.29 is 14.4 Å². The highest BCUT2D eigenvalue weighted by atomic mass is 16.6. The minimum atomic E-state index is -0.0772. The lowest BCUT2D eigenvalue weighted by molar-refractivity contribution is -0.123. The van der Waals surface area contributed by atoms with Gasteiger partial charge in [0.1, 0.15) is 5.75 Å². The molecule has 1 heterocycles. The summed E-state index contributed by atoms with van der Waals surface area (Å²) in [6, 6.07) is 15.7. The monoisotopic (exact) mass is 352 g/mol. The molecule has 136 valence electrons. The number of nitrogens with zero attached hydrogens (tertiary/aromatic N) is 2. The average Bonchev–Trinajstić information content (AvgIpc) is 2.66. The molecule has 1 atom stereocenters. The van der Waals surface area contributed by atoms with Crippen molar-refractivity contribution in [3.05, 3.63) is 59.7 Å². The third-order valence-electron chi connectivity index (χ3n) is 4.45. The number of benzene rings is 2. The normalized spacial score (nSPS) is 16.4. The third-order valence-corrected chi connectivity index (χ3v) is 4.45. The van der Waals surface area contributed by atoms with Crippen molar-refractivity contribution in [3.8, 4) is 5.75 Å². The van der Waals surface area contributed by atoms with Crippen LogP contribution in [0.2, 0.25) is 0 Å². The maximum atomic E-state index is 12.6. The number of anilines is 1. The van der Waals surface area contributed by atoms with Crippen LogP contribution in [0.3, 0.4) is 0 Å². The molecule has 0 saturated heterocycles. The standard InChI is InChI=1S/C21H24N2O3/c1-3-25-19-12-9-17(10-13-19)14-22-26-15-21(24)23-16(2)8-11-18-6-4-5-7-20(18)23/h4-7,9-10,12-14,16H,3,8,11,15H2,1-2H3/b22-14+. The highest BCUT2D eigenvalue weighted by Crippen LogP contribution is 2.30. The van der Waals surface area contributed by atoms with E-state index in [0.29, 0.717) is 6.61 Å². The summed E-state index contributed by atoms with van der Waals surface area (Å²) in [6.45, 7) is 4.57. The predicted octanol–water partition coefficient (Wildman–Crippen LogP) is 3.80. The van der Waals surface area contributed by atoms with E-state index in [1.165, 1.54) is 5.56 Å². The highest BCUT2D eigenvalue weighted by molar-refractivity contribution is 5.96. The second kappa shape index (κ2) is 8.52. The van der Waals surface area contributed by atoms with Crippen LogP contribution < -0.4 is 9.64 Å². The number of hydrogen-bond donors (Lipinski definition) is 0. The van der Waals surface area contributed by atoms with Crippen LogP contribution >= 0.6 is 0 Å². The third kappa shape index (κ3) is 4.23. The van der Waals surface area contributed by atoms with Crippen molar-refractivity contribution >= 4 is 17.8 Å². The summed E-state index contributed by atoms with van der Waals surface area (Å²) in [5.41, 5.74) is 3.07. The topological polar surface area (TPSA) is 51.1 Å². The smallest absolute Gasteiger partial charge is 0.268 e. The average molecular weight is 352 g/mol. The van der Waals surface area contributed by atoms with Gasteiger partial charge >= 0.3 is 0 Å². The molecule has 0 fully saturated rings. The summed E-state index contributed by atoms with van der Waals surface area (Å²) in [6.07, 6.45) is 3.55. The molecule has 1 amide bonds. The van der Waals surface area contributed by atoms with Gasteiger partial charge in [0.15, 0.2) is 6.61 Å². The lowest BCUT2D eigenvalue weighted by Gasteiger charge is -2.34. The Morgan fingerprint density at radius 2 is 2.00 bits per heavy atom. The van der Waals surface area contributed by atoms with Gasteiger partial charge < -0.3 is 14.5 Å². The van der Waals surface area contributed by atoms with Gasteiger partial charge in [-0.3, -0.25) is 4.79 Å².